The van der Waals surface area contributed by atoms with Crippen molar-refractivity contribution in [3.63, 3.8) is 0 Å². The van der Waals surface area contributed by atoms with Gasteiger partial charge in [-0.25, -0.2) is 4.79 Å². The first-order chi connectivity index (χ1) is 9.50. The molecule has 1 atom stereocenters. The third-order valence-corrected chi connectivity index (χ3v) is 2.16. The Morgan fingerprint density at radius 2 is 1.16 bits per heavy atom. The van der Waals surface area contributed by atoms with Crippen LogP contribution in [0, 0.1) is 0 Å². The summed E-state index contributed by atoms with van der Waals surface area (Å²) < 4.78 is 4.10. The number of hydrogen-bond acceptors (Lipinski definition) is 11. The Bertz CT molecular complexity index is 465. The molecule has 0 rings (SSSR count). The normalized spacial score (nSPS) is 10.3. The number of hydrogen-bond donors (Lipinski definition) is 1. The minimum absolute atomic E-state index is 0. The summed E-state index contributed by atoms with van der Waals surface area (Å²) in [5.74, 6) is -10.4. The second-order valence-electron chi connectivity index (χ2n) is 3.89. The van der Waals surface area contributed by atoms with Crippen molar-refractivity contribution in [1.82, 2.24) is 0 Å². The Labute approximate surface area is 230 Å². The van der Waals surface area contributed by atoms with E-state index in [1.807, 2.05) is 0 Å². The minimum atomic E-state index is -3.21. The number of esters is 1. The van der Waals surface area contributed by atoms with Crippen LogP contribution in [0.2, 0.25) is 0 Å². The number of aliphatic carboxylic acids is 4. The molecule has 0 radical (unpaired) electrons. The van der Waals surface area contributed by atoms with Crippen LogP contribution in [0.3, 0.4) is 0 Å². The predicted molar refractivity (Wildman–Crippen MR) is 48.7 cm³/mol. The molecule has 0 amide bonds. The second-order valence-corrected chi connectivity index (χ2v) is 3.89. The monoisotopic (exact) mass is 396 g/mol. The number of carboxylic acids is 4. The van der Waals surface area contributed by atoms with E-state index in [1.165, 1.54) is 0 Å². The van der Waals surface area contributed by atoms with E-state index in [9.17, 15) is 44.4 Å². The van der Waals surface area contributed by atoms with Crippen molar-refractivity contribution in [2.45, 2.75) is 31.0 Å². The summed E-state index contributed by atoms with van der Waals surface area (Å²) in [6.07, 6.45) is -6.88. The molecular formula is C10H8Na4O11. The first-order valence-electron chi connectivity index (χ1n) is 5.22. The number of carbonyl (C=O) groups is 5. The molecule has 0 aliphatic rings. The van der Waals surface area contributed by atoms with Gasteiger partial charge in [-0.2, -0.15) is 0 Å². The molecular weight excluding hydrogens is 388 g/mol. The van der Waals surface area contributed by atoms with E-state index < -0.39 is 60.8 Å². The summed E-state index contributed by atoms with van der Waals surface area (Å²) in [6, 6.07) is 0. The molecule has 0 aromatic rings. The van der Waals surface area contributed by atoms with Gasteiger partial charge in [-0.05, 0) is 0 Å². The number of carboxylic acid groups (broad SMARTS) is 4. The molecule has 0 aliphatic carbocycles. The number of aliphatic hydroxyl groups is 1. The average Bonchev–Trinajstić information content (AvgIpc) is 2.25. The van der Waals surface area contributed by atoms with Gasteiger partial charge in [0.1, 0.15) is 0 Å². The van der Waals surface area contributed by atoms with E-state index >= 15 is 0 Å². The molecule has 0 heterocycles. The van der Waals surface area contributed by atoms with E-state index in [2.05, 4.69) is 4.74 Å². The molecule has 25 heavy (non-hydrogen) atoms. The van der Waals surface area contributed by atoms with Crippen molar-refractivity contribution < 1.29 is 172 Å². The maximum atomic E-state index is 11.3. The van der Waals surface area contributed by atoms with Crippen molar-refractivity contribution in [3.05, 3.63) is 0 Å². The van der Waals surface area contributed by atoms with E-state index in [-0.39, 0.29) is 118 Å². The van der Waals surface area contributed by atoms with Crippen molar-refractivity contribution in [2.24, 2.45) is 0 Å². The summed E-state index contributed by atoms with van der Waals surface area (Å²) in [5.41, 5.74) is -3.21. The largest absolute Gasteiger partial charge is 1.00 e. The summed E-state index contributed by atoms with van der Waals surface area (Å²) in [7, 11) is 0. The summed E-state index contributed by atoms with van der Waals surface area (Å²) >= 11 is 0. The first kappa shape index (κ1) is 37.1. The fourth-order valence-corrected chi connectivity index (χ4v) is 1.29. The minimum Gasteiger partial charge on any atom is -0.550 e. The molecule has 0 bridgehead atoms. The number of carbonyl (C=O) groups excluding carboxylic acids is 5. The van der Waals surface area contributed by atoms with Crippen molar-refractivity contribution in [1.29, 1.82) is 0 Å². The zero-order chi connectivity index (χ0) is 16.8. The van der Waals surface area contributed by atoms with Crippen LogP contribution in [0.4, 0.5) is 0 Å². The molecule has 118 valence electrons. The number of ether oxygens (including phenoxy) is 1. The number of aliphatic hydroxyl groups excluding tert-OH is 1. The summed E-state index contributed by atoms with van der Waals surface area (Å²) in [4.78, 5) is 53.2. The Balaban J connectivity index is -0.000000333. The Morgan fingerprint density at radius 1 is 0.800 bits per heavy atom. The van der Waals surface area contributed by atoms with Crippen molar-refractivity contribution in [3.8, 4) is 0 Å². The van der Waals surface area contributed by atoms with Crippen LogP contribution in [-0.4, -0.2) is 46.7 Å². The van der Waals surface area contributed by atoms with Crippen molar-refractivity contribution >= 4 is 29.8 Å². The van der Waals surface area contributed by atoms with Gasteiger partial charge in [0.2, 0.25) is 0 Å². The average molecular weight is 396 g/mol. The van der Waals surface area contributed by atoms with Gasteiger partial charge in [-0.1, -0.05) is 0 Å². The van der Waals surface area contributed by atoms with Crippen LogP contribution < -0.4 is 139 Å². The molecule has 0 aliphatic heterocycles. The molecule has 15 heteroatoms. The topological polar surface area (TPSA) is 207 Å². The fraction of sp³-hybridized carbons (Fsp3) is 0.500. The van der Waals surface area contributed by atoms with E-state index in [1.54, 1.807) is 0 Å². The van der Waals surface area contributed by atoms with E-state index in [0.29, 0.717) is 0 Å². The standard InChI is InChI=1S/C10H12O11.4Na/c11-4(1-5(12)13)8(18)21-10(9(19)20,2-6(14)15)3-7(16)17;;;;/h4,11H,1-3H2,(H,12,13)(H,14,15)(H,16,17)(H,19,20);;;;/q;4*+1/p-4. The Hall–Kier alpha value is 1.31. The van der Waals surface area contributed by atoms with Crippen LogP contribution in [0.5, 0.6) is 0 Å². The van der Waals surface area contributed by atoms with Crippen LogP contribution in [0.15, 0.2) is 0 Å². The van der Waals surface area contributed by atoms with Crippen LogP contribution in [-0.2, 0) is 28.7 Å². The van der Waals surface area contributed by atoms with Crippen LogP contribution in [0.1, 0.15) is 19.3 Å². The Kier molecular flexibility index (Phi) is 25.8. The maximum Gasteiger partial charge on any atom is 1.00 e. The van der Waals surface area contributed by atoms with Gasteiger partial charge in [0, 0.05) is 37.2 Å². The third-order valence-electron chi connectivity index (χ3n) is 2.16. The first-order valence-corrected chi connectivity index (χ1v) is 5.22. The van der Waals surface area contributed by atoms with Gasteiger partial charge in [0.05, 0.1) is 5.97 Å². The second kappa shape index (κ2) is 17.4. The van der Waals surface area contributed by atoms with Gasteiger partial charge in [-0.3, -0.25) is 0 Å². The molecule has 0 aromatic carbocycles. The molecule has 0 saturated carbocycles. The molecule has 1 unspecified atom stereocenters. The van der Waals surface area contributed by atoms with E-state index in [0.717, 1.165) is 0 Å². The third kappa shape index (κ3) is 15.0. The van der Waals surface area contributed by atoms with Crippen LogP contribution in [0.25, 0.3) is 0 Å². The molecule has 0 aromatic heterocycles. The maximum absolute atomic E-state index is 11.3. The predicted octanol–water partition coefficient (Wildman–Crippen LogP) is -19.2. The van der Waals surface area contributed by atoms with Gasteiger partial charge >= 0.3 is 124 Å². The number of rotatable bonds is 9. The quantitative estimate of drug-likeness (QED) is 0.286. The van der Waals surface area contributed by atoms with Gasteiger partial charge in [-0.15, -0.1) is 0 Å². The van der Waals surface area contributed by atoms with Crippen LogP contribution >= 0.6 is 0 Å². The fourth-order valence-electron chi connectivity index (χ4n) is 1.29. The zero-order valence-electron chi connectivity index (χ0n) is 14.2. The smallest absolute Gasteiger partial charge is 0.550 e. The van der Waals surface area contributed by atoms with Crippen molar-refractivity contribution in [2.75, 3.05) is 0 Å². The van der Waals surface area contributed by atoms with E-state index in [4.69, 9.17) is 5.11 Å². The van der Waals surface area contributed by atoms with Gasteiger partial charge in [0.15, 0.2) is 11.7 Å². The Morgan fingerprint density at radius 3 is 1.40 bits per heavy atom. The summed E-state index contributed by atoms with van der Waals surface area (Å²) in [6.45, 7) is 0. The SMILES string of the molecule is O=C([O-])CC(O)C(=O)OC(CC(=O)[O-])(CC(=O)[O-])C(=O)[O-].[Na+].[Na+].[Na+].[Na+]. The van der Waals surface area contributed by atoms with Gasteiger partial charge in [0.25, 0.3) is 0 Å². The zero-order valence-corrected chi connectivity index (χ0v) is 22.2. The molecule has 0 spiro atoms. The molecule has 0 saturated heterocycles. The molecule has 1 N–H and O–H groups in total. The summed E-state index contributed by atoms with van der Waals surface area (Å²) in [5, 5.41) is 51.0. The molecule has 11 nitrogen and oxygen atoms in total. The van der Waals surface area contributed by atoms with Gasteiger partial charge < -0.3 is 49.4 Å². The molecule has 0 fully saturated rings.